The Morgan fingerprint density at radius 2 is 1.91 bits per heavy atom. The van der Waals surface area contributed by atoms with E-state index in [9.17, 15) is 8.78 Å². The molecule has 0 saturated carbocycles. The van der Waals surface area contributed by atoms with E-state index in [4.69, 9.17) is 5.73 Å². The van der Waals surface area contributed by atoms with Crippen LogP contribution in [0, 0.1) is 0 Å². The summed E-state index contributed by atoms with van der Waals surface area (Å²) >= 11 is 0. The third-order valence-electron chi connectivity index (χ3n) is 1.35. The highest BCUT2D eigenvalue weighted by molar-refractivity contribution is 4.65. The van der Waals surface area contributed by atoms with Gasteiger partial charge in [-0.15, -0.1) is 0 Å². The lowest BCUT2D eigenvalue weighted by atomic mass is 10.2. The summed E-state index contributed by atoms with van der Waals surface area (Å²) in [6.07, 6.45) is -2.07. The van der Waals surface area contributed by atoms with E-state index < -0.39 is 12.5 Å². The molecule has 0 bridgehead atoms. The van der Waals surface area contributed by atoms with Gasteiger partial charge in [-0.1, -0.05) is 13.8 Å². The average Bonchev–Trinajstić information content (AvgIpc) is 1.86. The Balaban J connectivity index is 3.24. The van der Waals surface area contributed by atoms with E-state index in [1.165, 1.54) is 0 Å². The summed E-state index contributed by atoms with van der Waals surface area (Å²) in [5.41, 5.74) is 5.11. The van der Waals surface area contributed by atoms with Gasteiger partial charge in [-0.05, 0) is 13.0 Å². The zero-order valence-corrected chi connectivity index (χ0v) is 6.98. The lowest BCUT2D eigenvalue weighted by Gasteiger charge is -2.12. The SMILES string of the molecule is CC(C)NCCC(N)C(F)F. The van der Waals surface area contributed by atoms with Crippen molar-refractivity contribution in [2.75, 3.05) is 6.54 Å². The van der Waals surface area contributed by atoms with Crippen LogP contribution in [0.15, 0.2) is 0 Å². The predicted octanol–water partition coefficient (Wildman–Crippen LogP) is 0.967. The number of rotatable bonds is 5. The number of halogens is 2. The van der Waals surface area contributed by atoms with Crippen molar-refractivity contribution in [1.82, 2.24) is 5.32 Å². The Labute approximate surface area is 66.1 Å². The van der Waals surface area contributed by atoms with Gasteiger partial charge >= 0.3 is 0 Å². The first kappa shape index (κ1) is 10.8. The summed E-state index contributed by atoms with van der Waals surface area (Å²) in [4.78, 5) is 0. The number of hydrogen-bond donors (Lipinski definition) is 2. The van der Waals surface area contributed by atoms with Crippen LogP contribution in [0.3, 0.4) is 0 Å². The van der Waals surface area contributed by atoms with E-state index in [-0.39, 0.29) is 0 Å². The summed E-state index contributed by atoms with van der Waals surface area (Å²) in [6, 6.07) is -0.652. The van der Waals surface area contributed by atoms with E-state index in [1.54, 1.807) is 0 Å². The minimum absolute atomic E-state index is 0.329. The number of alkyl halides is 2. The molecule has 0 aliphatic rings. The van der Waals surface area contributed by atoms with Crippen molar-refractivity contribution in [3.63, 3.8) is 0 Å². The van der Waals surface area contributed by atoms with Crippen molar-refractivity contribution >= 4 is 0 Å². The van der Waals surface area contributed by atoms with Gasteiger partial charge in [0.15, 0.2) is 0 Å². The van der Waals surface area contributed by atoms with Crippen molar-refractivity contribution < 1.29 is 8.78 Å². The standard InChI is InChI=1S/C7H16F2N2/c1-5(2)11-4-3-6(10)7(8)9/h5-7,11H,3-4,10H2,1-2H3. The highest BCUT2D eigenvalue weighted by atomic mass is 19.3. The topological polar surface area (TPSA) is 38.0 Å². The van der Waals surface area contributed by atoms with Crippen LogP contribution in [0.4, 0.5) is 8.78 Å². The molecule has 1 atom stereocenters. The molecule has 0 fully saturated rings. The molecule has 0 spiro atoms. The van der Waals surface area contributed by atoms with Crippen LogP contribution in [-0.2, 0) is 0 Å². The molecule has 0 aromatic carbocycles. The summed E-state index contributed by atoms with van der Waals surface area (Å²) < 4.78 is 23.6. The Morgan fingerprint density at radius 1 is 1.36 bits per heavy atom. The molecule has 2 nitrogen and oxygen atoms in total. The zero-order valence-electron chi connectivity index (χ0n) is 6.98. The van der Waals surface area contributed by atoms with E-state index in [0.29, 0.717) is 19.0 Å². The molecule has 0 aliphatic heterocycles. The maximum absolute atomic E-state index is 11.8. The van der Waals surface area contributed by atoms with Gasteiger partial charge in [-0.2, -0.15) is 0 Å². The Morgan fingerprint density at radius 3 is 2.27 bits per heavy atom. The zero-order chi connectivity index (χ0) is 8.85. The monoisotopic (exact) mass is 166 g/mol. The van der Waals surface area contributed by atoms with E-state index in [0.717, 1.165) is 0 Å². The van der Waals surface area contributed by atoms with Gasteiger partial charge in [0.1, 0.15) is 0 Å². The molecule has 1 unspecified atom stereocenters. The van der Waals surface area contributed by atoms with Gasteiger partial charge in [-0.25, -0.2) is 8.78 Å². The quantitative estimate of drug-likeness (QED) is 0.638. The maximum atomic E-state index is 11.8. The molecule has 0 rings (SSSR count). The van der Waals surface area contributed by atoms with Crippen LogP contribution in [0.1, 0.15) is 20.3 Å². The van der Waals surface area contributed by atoms with Gasteiger partial charge in [-0.3, -0.25) is 0 Å². The first-order valence-corrected chi connectivity index (χ1v) is 3.81. The minimum atomic E-state index is -2.40. The van der Waals surface area contributed by atoms with Crippen LogP contribution in [-0.4, -0.2) is 25.1 Å². The maximum Gasteiger partial charge on any atom is 0.253 e. The largest absolute Gasteiger partial charge is 0.323 e. The molecule has 0 radical (unpaired) electrons. The Bertz CT molecular complexity index is 96.4. The van der Waals surface area contributed by atoms with Crippen molar-refractivity contribution in [1.29, 1.82) is 0 Å². The third-order valence-corrected chi connectivity index (χ3v) is 1.35. The first-order chi connectivity index (χ1) is 5.04. The van der Waals surface area contributed by atoms with E-state index >= 15 is 0 Å². The van der Waals surface area contributed by atoms with Gasteiger partial charge in [0.25, 0.3) is 6.43 Å². The van der Waals surface area contributed by atoms with Crippen molar-refractivity contribution in [2.45, 2.75) is 38.8 Å². The third kappa shape index (κ3) is 6.19. The molecule has 0 aliphatic carbocycles. The second-order valence-corrected chi connectivity index (χ2v) is 2.90. The highest BCUT2D eigenvalue weighted by Gasteiger charge is 2.13. The summed E-state index contributed by atoms with van der Waals surface area (Å²) in [7, 11) is 0. The van der Waals surface area contributed by atoms with E-state index in [2.05, 4.69) is 5.32 Å². The fourth-order valence-electron chi connectivity index (χ4n) is 0.665. The summed E-state index contributed by atoms with van der Waals surface area (Å²) in [5, 5.41) is 3.02. The molecule has 3 N–H and O–H groups in total. The summed E-state index contributed by atoms with van der Waals surface area (Å²) in [5.74, 6) is 0. The average molecular weight is 166 g/mol. The lowest BCUT2D eigenvalue weighted by molar-refractivity contribution is 0.112. The highest BCUT2D eigenvalue weighted by Crippen LogP contribution is 2.00. The van der Waals surface area contributed by atoms with Crippen LogP contribution < -0.4 is 11.1 Å². The predicted molar refractivity (Wildman–Crippen MR) is 41.7 cm³/mol. The molecule has 0 heterocycles. The first-order valence-electron chi connectivity index (χ1n) is 3.81. The molecule has 0 aromatic heterocycles. The molecule has 11 heavy (non-hydrogen) atoms. The van der Waals surface area contributed by atoms with Crippen LogP contribution in [0.25, 0.3) is 0 Å². The van der Waals surface area contributed by atoms with Gasteiger partial charge in [0, 0.05) is 6.04 Å². The molecule has 0 aromatic rings. The Hall–Kier alpha value is -0.220. The molecular weight excluding hydrogens is 150 g/mol. The molecule has 68 valence electrons. The second kappa shape index (κ2) is 5.43. The lowest BCUT2D eigenvalue weighted by Crippen LogP contribution is -2.34. The van der Waals surface area contributed by atoms with Gasteiger partial charge < -0.3 is 11.1 Å². The fraction of sp³-hybridized carbons (Fsp3) is 1.00. The normalized spacial score (nSPS) is 14.5. The van der Waals surface area contributed by atoms with Crippen molar-refractivity contribution in [2.24, 2.45) is 5.73 Å². The van der Waals surface area contributed by atoms with Crippen molar-refractivity contribution in [3.05, 3.63) is 0 Å². The van der Waals surface area contributed by atoms with Crippen LogP contribution >= 0.6 is 0 Å². The Kier molecular flexibility index (Phi) is 5.32. The van der Waals surface area contributed by atoms with Crippen LogP contribution in [0.5, 0.6) is 0 Å². The van der Waals surface area contributed by atoms with Gasteiger partial charge in [0.2, 0.25) is 0 Å². The number of hydrogen-bond acceptors (Lipinski definition) is 2. The molecule has 0 amide bonds. The summed E-state index contributed by atoms with van der Waals surface area (Å²) in [6.45, 7) is 4.49. The van der Waals surface area contributed by atoms with Crippen molar-refractivity contribution in [3.8, 4) is 0 Å². The molecule has 0 saturated heterocycles. The fourth-order valence-corrected chi connectivity index (χ4v) is 0.665. The smallest absolute Gasteiger partial charge is 0.253 e. The van der Waals surface area contributed by atoms with Gasteiger partial charge in [0.05, 0.1) is 6.04 Å². The minimum Gasteiger partial charge on any atom is -0.323 e. The number of nitrogens with one attached hydrogen (secondary N) is 1. The molecule has 4 heteroatoms. The van der Waals surface area contributed by atoms with E-state index in [1.807, 2.05) is 13.8 Å². The van der Waals surface area contributed by atoms with Crippen LogP contribution in [0.2, 0.25) is 0 Å². The second-order valence-electron chi connectivity index (χ2n) is 2.90. The number of nitrogens with two attached hydrogens (primary N) is 1. The molecular formula is C7H16F2N2.